The lowest BCUT2D eigenvalue weighted by molar-refractivity contribution is 0.410. The fraction of sp³-hybridized carbons (Fsp3) is 0.176. The summed E-state index contributed by atoms with van der Waals surface area (Å²) in [6, 6.07) is 13.8. The van der Waals surface area contributed by atoms with Crippen LogP contribution in [0, 0.1) is 0 Å². The number of methoxy groups -OCH3 is 3. The van der Waals surface area contributed by atoms with E-state index < -0.39 is 0 Å². The Labute approximate surface area is 123 Å². The van der Waals surface area contributed by atoms with Crippen molar-refractivity contribution >= 4 is 10.9 Å². The van der Waals surface area contributed by atoms with Crippen molar-refractivity contribution in [3.8, 4) is 28.5 Å². The van der Waals surface area contributed by atoms with Crippen LogP contribution in [0.15, 0.2) is 42.5 Å². The number of hydrogen-bond acceptors (Lipinski definition) is 3. The maximum absolute atomic E-state index is 5.42. The van der Waals surface area contributed by atoms with E-state index in [-0.39, 0.29) is 0 Å². The van der Waals surface area contributed by atoms with Crippen molar-refractivity contribution in [2.75, 3.05) is 21.3 Å². The number of aromatic amines is 1. The standard InChI is InChI=1S/C17H17NO3/c1-19-12-6-4-5-11(9-12)14-10-13-15(20-2)7-8-16(21-3)17(13)18-14/h4-10,18H,1-3H3. The van der Waals surface area contributed by atoms with Gasteiger partial charge in [0.05, 0.1) is 26.8 Å². The number of nitrogens with one attached hydrogen (secondary N) is 1. The third-order valence-electron chi connectivity index (χ3n) is 3.54. The zero-order valence-electron chi connectivity index (χ0n) is 12.3. The molecular weight excluding hydrogens is 266 g/mol. The third-order valence-corrected chi connectivity index (χ3v) is 3.54. The smallest absolute Gasteiger partial charge is 0.143 e. The maximum atomic E-state index is 5.42. The number of benzene rings is 2. The van der Waals surface area contributed by atoms with Gasteiger partial charge in [0.1, 0.15) is 17.2 Å². The third kappa shape index (κ3) is 2.29. The first-order valence-electron chi connectivity index (χ1n) is 6.65. The summed E-state index contributed by atoms with van der Waals surface area (Å²) >= 11 is 0. The van der Waals surface area contributed by atoms with Gasteiger partial charge in [0, 0.05) is 16.6 Å². The monoisotopic (exact) mass is 283 g/mol. The molecule has 108 valence electrons. The fourth-order valence-corrected chi connectivity index (χ4v) is 2.46. The van der Waals surface area contributed by atoms with Crippen LogP contribution in [0.3, 0.4) is 0 Å². The van der Waals surface area contributed by atoms with E-state index in [9.17, 15) is 0 Å². The number of aromatic nitrogens is 1. The molecule has 3 rings (SSSR count). The zero-order chi connectivity index (χ0) is 14.8. The van der Waals surface area contributed by atoms with Crippen LogP contribution in [0.2, 0.25) is 0 Å². The topological polar surface area (TPSA) is 43.5 Å². The van der Waals surface area contributed by atoms with Crippen LogP contribution in [0.4, 0.5) is 0 Å². The second-order valence-electron chi connectivity index (χ2n) is 4.67. The molecule has 0 aliphatic heterocycles. The molecule has 0 aliphatic carbocycles. The van der Waals surface area contributed by atoms with Gasteiger partial charge in [0.15, 0.2) is 0 Å². The van der Waals surface area contributed by atoms with Gasteiger partial charge in [-0.15, -0.1) is 0 Å². The minimum Gasteiger partial charge on any atom is -0.497 e. The lowest BCUT2D eigenvalue weighted by atomic mass is 10.1. The normalized spacial score (nSPS) is 10.6. The highest BCUT2D eigenvalue weighted by Gasteiger charge is 2.12. The highest BCUT2D eigenvalue weighted by atomic mass is 16.5. The second kappa shape index (κ2) is 5.40. The largest absolute Gasteiger partial charge is 0.497 e. The molecule has 3 aromatic rings. The minimum atomic E-state index is 0.792. The van der Waals surface area contributed by atoms with Crippen molar-refractivity contribution in [2.24, 2.45) is 0 Å². The van der Waals surface area contributed by atoms with Gasteiger partial charge in [-0.05, 0) is 30.3 Å². The van der Waals surface area contributed by atoms with E-state index in [0.29, 0.717) is 0 Å². The molecule has 21 heavy (non-hydrogen) atoms. The van der Waals surface area contributed by atoms with Crippen LogP contribution in [0.25, 0.3) is 22.2 Å². The van der Waals surface area contributed by atoms with Crippen LogP contribution in [0.1, 0.15) is 0 Å². The molecule has 0 radical (unpaired) electrons. The van der Waals surface area contributed by atoms with Gasteiger partial charge in [-0.25, -0.2) is 0 Å². The van der Waals surface area contributed by atoms with Crippen molar-refractivity contribution in [3.63, 3.8) is 0 Å². The Bertz CT molecular complexity index is 736. The lowest BCUT2D eigenvalue weighted by Gasteiger charge is -2.05. The molecule has 0 atom stereocenters. The Morgan fingerprint density at radius 2 is 1.57 bits per heavy atom. The zero-order valence-corrected chi connectivity index (χ0v) is 12.3. The molecule has 0 saturated carbocycles. The van der Waals surface area contributed by atoms with Gasteiger partial charge < -0.3 is 19.2 Å². The number of ether oxygens (including phenoxy) is 3. The van der Waals surface area contributed by atoms with Crippen molar-refractivity contribution in [2.45, 2.75) is 0 Å². The molecule has 0 saturated heterocycles. The SMILES string of the molecule is COc1cccc(-c2cc3c(OC)ccc(OC)c3[nH]2)c1. The lowest BCUT2D eigenvalue weighted by Crippen LogP contribution is -1.87. The predicted octanol–water partition coefficient (Wildman–Crippen LogP) is 3.86. The summed E-state index contributed by atoms with van der Waals surface area (Å²) in [5, 5.41) is 0.995. The van der Waals surface area contributed by atoms with Crippen molar-refractivity contribution in [1.29, 1.82) is 0 Å². The first kappa shape index (κ1) is 13.4. The van der Waals surface area contributed by atoms with Gasteiger partial charge in [0.2, 0.25) is 0 Å². The Hall–Kier alpha value is -2.62. The second-order valence-corrected chi connectivity index (χ2v) is 4.67. The number of fused-ring (bicyclic) bond motifs is 1. The summed E-state index contributed by atoms with van der Waals surface area (Å²) < 4.78 is 16.1. The summed E-state index contributed by atoms with van der Waals surface area (Å²) in [7, 11) is 4.99. The van der Waals surface area contributed by atoms with E-state index in [2.05, 4.69) is 11.1 Å². The number of rotatable bonds is 4. The molecule has 0 bridgehead atoms. The first-order chi connectivity index (χ1) is 10.3. The van der Waals surface area contributed by atoms with Crippen molar-refractivity contribution in [1.82, 2.24) is 4.98 Å². The van der Waals surface area contributed by atoms with Crippen LogP contribution >= 0.6 is 0 Å². The Balaban J connectivity index is 2.20. The van der Waals surface area contributed by atoms with E-state index >= 15 is 0 Å². The maximum Gasteiger partial charge on any atom is 0.143 e. The van der Waals surface area contributed by atoms with Crippen molar-refractivity contribution < 1.29 is 14.2 Å². The minimum absolute atomic E-state index is 0.792. The summed E-state index contributed by atoms with van der Waals surface area (Å²) in [6.07, 6.45) is 0. The summed E-state index contributed by atoms with van der Waals surface area (Å²) in [4.78, 5) is 3.40. The summed E-state index contributed by atoms with van der Waals surface area (Å²) in [5.41, 5.74) is 2.97. The molecule has 0 aliphatic rings. The molecule has 4 heteroatoms. The molecule has 1 aromatic heterocycles. The first-order valence-corrected chi connectivity index (χ1v) is 6.65. The van der Waals surface area contributed by atoms with Gasteiger partial charge in [-0.3, -0.25) is 0 Å². The molecule has 4 nitrogen and oxygen atoms in total. The molecule has 0 amide bonds. The van der Waals surface area contributed by atoms with E-state index in [1.165, 1.54) is 0 Å². The number of hydrogen-bond donors (Lipinski definition) is 1. The van der Waals surface area contributed by atoms with E-state index in [1.54, 1.807) is 21.3 Å². The Morgan fingerprint density at radius 1 is 0.810 bits per heavy atom. The van der Waals surface area contributed by atoms with E-state index in [1.807, 2.05) is 36.4 Å². The average Bonchev–Trinajstić information content (AvgIpc) is 2.99. The van der Waals surface area contributed by atoms with E-state index in [4.69, 9.17) is 14.2 Å². The highest BCUT2D eigenvalue weighted by molar-refractivity contribution is 5.95. The molecule has 1 N–H and O–H groups in total. The van der Waals surface area contributed by atoms with Crippen LogP contribution in [-0.2, 0) is 0 Å². The molecule has 0 spiro atoms. The van der Waals surface area contributed by atoms with Gasteiger partial charge in [-0.2, -0.15) is 0 Å². The molecule has 2 aromatic carbocycles. The molecule has 1 heterocycles. The average molecular weight is 283 g/mol. The molecular formula is C17H17NO3. The Kier molecular flexibility index (Phi) is 3.44. The summed E-state index contributed by atoms with van der Waals surface area (Å²) in [6.45, 7) is 0. The molecule has 0 unspecified atom stereocenters. The fourth-order valence-electron chi connectivity index (χ4n) is 2.46. The predicted molar refractivity (Wildman–Crippen MR) is 83.4 cm³/mol. The van der Waals surface area contributed by atoms with Gasteiger partial charge in [0.25, 0.3) is 0 Å². The van der Waals surface area contributed by atoms with Crippen LogP contribution < -0.4 is 14.2 Å². The number of H-pyrrole nitrogens is 1. The highest BCUT2D eigenvalue weighted by Crippen LogP contribution is 2.36. The van der Waals surface area contributed by atoms with Gasteiger partial charge >= 0.3 is 0 Å². The quantitative estimate of drug-likeness (QED) is 0.790. The van der Waals surface area contributed by atoms with Crippen LogP contribution in [-0.4, -0.2) is 26.3 Å². The Morgan fingerprint density at radius 3 is 2.29 bits per heavy atom. The van der Waals surface area contributed by atoms with Gasteiger partial charge in [-0.1, -0.05) is 12.1 Å². The summed E-state index contributed by atoms with van der Waals surface area (Å²) in [5.74, 6) is 2.43. The van der Waals surface area contributed by atoms with Crippen LogP contribution in [0.5, 0.6) is 17.2 Å². The van der Waals surface area contributed by atoms with Crippen molar-refractivity contribution in [3.05, 3.63) is 42.5 Å². The van der Waals surface area contributed by atoms with E-state index in [0.717, 1.165) is 39.4 Å². The molecule has 0 fully saturated rings.